The Hall–Kier alpha value is -2.49. The van der Waals surface area contributed by atoms with Crippen molar-refractivity contribution in [1.29, 1.82) is 0 Å². The van der Waals surface area contributed by atoms with E-state index < -0.39 is 0 Å². The molecule has 0 fully saturated rings. The number of furan rings is 1. The van der Waals surface area contributed by atoms with Crippen LogP contribution >= 0.6 is 0 Å². The first-order valence-corrected chi connectivity index (χ1v) is 7.09. The smallest absolute Gasteiger partial charge is 0.223 e. The number of benzene rings is 1. The Bertz CT molecular complexity index is 671. The first-order chi connectivity index (χ1) is 10.2. The van der Waals surface area contributed by atoms with Gasteiger partial charge in [-0.15, -0.1) is 0 Å². The van der Waals surface area contributed by atoms with Gasteiger partial charge in [-0.25, -0.2) is 0 Å². The highest BCUT2D eigenvalue weighted by Gasteiger charge is 2.13. The van der Waals surface area contributed by atoms with E-state index in [-0.39, 0.29) is 0 Å². The lowest BCUT2D eigenvalue weighted by atomic mass is 10.3. The summed E-state index contributed by atoms with van der Waals surface area (Å²) >= 11 is 0. The molecule has 1 aliphatic heterocycles. The number of hydrogen-bond donors (Lipinski definition) is 0. The number of para-hydroxylation sites is 1. The molecule has 21 heavy (non-hydrogen) atoms. The van der Waals surface area contributed by atoms with Crippen LogP contribution in [0.5, 0.6) is 0 Å². The van der Waals surface area contributed by atoms with Crippen LogP contribution in [0.25, 0.3) is 0 Å². The number of allylic oxidation sites excluding steroid dienone is 1. The van der Waals surface area contributed by atoms with Gasteiger partial charge in [-0.2, -0.15) is 4.74 Å². The molecule has 0 amide bonds. The average molecular weight is 282 g/mol. The summed E-state index contributed by atoms with van der Waals surface area (Å²) in [4.78, 5) is 2.27. The summed E-state index contributed by atoms with van der Waals surface area (Å²) in [7, 11) is 0. The van der Waals surface area contributed by atoms with Gasteiger partial charge in [0, 0.05) is 24.4 Å². The maximum absolute atomic E-state index is 12.0. The molecule has 4 heteroatoms. The van der Waals surface area contributed by atoms with Crippen LogP contribution in [0.2, 0.25) is 0 Å². The second kappa shape index (κ2) is 5.87. The Labute approximate surface area is 124 Å². The fourth-order valence-corrected chi connectivity index (χ4v) is 2.44. The van der Waals surface area contributed by atoms with Crippen LogP contribution in [0.15, 0.2) is 58.7 Å². The van der Waals surface area contributed by atoms with E-state index in [1.54, 1.807) is 12.1 Å². The fourth-order valence-electron chi connectivity index (χ4n) is 2.44. The molecule has 0 unspecified atom stereocenters. The molecule has 4 nitrogen and oxygen atoms in total. The van der Waals surface area contributed by atoms with Gasteiger partial charge < -0.3 is 14.5 Å². The molecular formula is C17H18N2O2. The second-order valence-electron chi connectivity index (χ2n) is 5.15. The van der Waals surface area contributed by atoms with Crippen LogP contribution in [-0.2, 0) is 6.54 Å². The normalized spacial score (nSPS) is 15.4. The molecule has 1 aliphatic rings. The molecule has 2 heterocycles. The van der Waals surface area contributed by atoms with E-state index in [0.717, 1.165) is 30.0 Å². The van der Waals surface area contributed by atoms with Crippen LogP contribution < -0.4 is 0 Å². The highest BCUT2D eigenvalue weighted by atomic mass is 16.5. The standard InChI is InChI=1S/C17H18N2O2/c1-14-6-5-11-18(14)12-16-9-10-17(21-16)13-19(20)15-7-3-2-4-8-15/h2-4,6-10,13H,5,11-12H2,1H3/b19-13-. The lowest BCUT2D eigenvalue weighted by Gasteiger charge is -2.17. The Morgan fingerprint density at radius 3 is 2.76 bits per heavy atom. The minimum Gasteiger partial charge on any atom is -0.618 e. The fraction of sp³-hybridized carbons (Fsp3) is 0.235. The van der Waals surface area contributed by atoms with Crippen molar-refractivity contribution in [3.05, 3.63) is 71.0 Å². The van der Waals surface area contributed by atoms with E-state index in [9.17, 15) is 5.21 Å². The molecule has 0 spiro atoms. The van der Waals surface area contributed by atoms with Crippen LogP contribution in [-0.4, -0.2) is 22.4 Å². The summed E-state index contributed by atoms with van der Waals surface area (Å²) in [5, 5.41) is 12.0. The molecule has 2 aromatic rings. The average Bonchev–Trinajstić information content (AvgIpc) is 3.10. The zero-order chi connectivity index (χ0) is 14.7. The van der Waals surface area contributed by atoms with Crippen LogP contribution in [0.1, 0.15) is 24.9 Å². The molecule has 0 N–H and O–H groups in total. The van der Waals surface area contributed by atoms with E-state index in [1.807, 2.05) is 30.3 Å². The third kappa shape index (κ3) is 3.16. The van der Waals surface area contributed by atoms with Gasteiger partial charge in [-0.05, 0) is 25.5 Å². The summed E-state index contributed by atoms with van der Waals surface area (Å²) in [6, 6.07) is 12.9. The van der Waals surface area contributed by atoms with Gasteiger partial charge in [0.05, 0.1) is 6.54 Å². The molecule has 1 aromatic carbocycles. The number of hydrogen-bond acceptors (Lipinski definition) is 3. The minimum atomic E-state index is 0.574. The summed E-state index contributed by atoms with van der Waals surface area (Å²) in [5.41, 5.74) is 1.88. The zero-order valence-corrected chi connectivity index (χ0v) is 12.0. The van der Waals surface area contributed by atoms with Gasteiger partial charge in [-0.3, -0.25) is 0 Å². The number of nitrogens with zero attached hydrogens (tertiary/aromatic N) is 2. The molecule has 0 saturated heterocycles. The van der Waals surface area contributed by atoms with Crippen molar-refractivity contribution < 1.29 is 9.16 Å². The van der Waals surface area contributed by atoms with Crippen molar-refractivity contribution in [2.75, 3.05) is 6.54 Å². The van der Waals surface area contributed by atoms with Gasteiger partial charge in [0.25, 0.3) is 0 Å². The molecule has 0 aliphatic carbocycles. The number of rotatable bonds is 4. The van der Waals surface area contributed by atoms with Crippen LogP contribution in [0.3, 0.4) is 0 Å². The Balaban J connectivity index is 1.72. The first-order valence-electron chi connectivity index (χ1n) is 7.09. The van der Waals surface area contributed by atoms with E-state index in [2.05, 4.69) is 17.9 Å². The van der Waals surface area contributed by atoms with Crippen molar-refractivity contribution in [3.63, 3.8) is 0 Å². The SMILES string of the molecule is CC1=CCCN1Cc1ccc(/C=[N+](\[O-])c2ccccc2)o1. The summed E-state index contributed by atoms with van der Waals surface area (Å²) in [6.07, 6.45) is 4.78. The first kappa shape index (κ1) is 13.5. The van der Waals surface area contributed by atoms with Crippen LogP contribution in [0, 0.1) is 5.21 Å². The lowest BCUT2D eigenvalue weighted by Crippen LogP contribution is -2.17. The lowest BCUT2D eigenvalue weighted by molar-refractivity contribution is -0.354. The monoisotopic (exact) mass is 282 g/mol. The van der Waals surface area contributed by atoms with Crippen molar-refractivity contribution >= 4 is 11.9 Å². The highest BCUT2D eigenvalue weighted by molar-refractivity contribution is 5.72. The van der Waals surface area contributed by atoms with E-state index >= 15 is 0 Å². The Morgan fingerprint density at radius 2 is 2.05 bits per heavy atom. The van der Waals surface area contributed by atoms with E-state index in [4.69, 9.17) is 4.42 Å². The predicted octanol–water partition coefficient (Wildman–Crippen LogP) is 3.65. The molecule has 0 radical (unpaired) electrons. The maximum Gasteiger partial charge on any atom is 0.223 e. The van der Waals surface area contributed by atoms with Gasteiger partial charge in [0.15, 0.2) is 5.76 Å². The zero-order valence-electron chi connectivity index (χ0n) is 12.0. The van der Waals surface area contributed by atoms with Gasteiger partial charge in [0.1, 0.15) is 5.76 Å². The Kier molecular flexibility index (Phi) is 3.77. The molecule has 0 atom stereocenters. The van der Waals surface area contributed by atoms with Crippen molar-refractivity contribution in [3.8, 4) is 0 Å². The topological polar surface area (TPSA) is 42.5 Å². The third-order valence-electron chi connectivity index (χ3n) is 3.62. The molecule has 0 bridgehead atoms. The van der Waals surface area contributed by atoms with Gasteiger partial charge in [-0.1, -0.05) is 24.3 Å². The maximum atomic E-state index is 12.0. The van der Waals surface area contributed by atoms with Gasteiger partial charge >= 0.3 is 0 Å². The van der Waals surface area contributed by atoms with Crippen LogP contribution in [0.4, 0.5) is 5.69 Å². The molecular weight excluding hydrogens is 264 g/mol. The molecule has 1 aromatic heterocycles. The summed E-state index contributed by atoms with van der Waals surface area (Å²) < 4.78 is 6.54. The molecule has 3 rings (SSSR count). The largest absolute Gasteiger partial charge is 0.618 e. The predicted molar refractivity (Wildman–Crippen MR) is 82.4 cm³/mol. The second-order valence-corrected chi connectivity index (χ2v) is 5.15. The molecule has 0 saturated carbocycles. The van der Waals surface area contributed by atoms with E-state index in [1.165, 1.54) is 11.9 Å². The third-order valence-corrected chi connectivity index (χ3v) is 3.62. The summed E-state index contributed by atoms with van der Waals surface area (Å²) in [5.74, 6) is 1.45. The van der Waals surface area contributed by atoms with Crippen molar-refractivity contribution in [2.24, 2.45) is 0 Å². The van der Waals surface area contributed by atoms with Crippen molar-refractivity contribution in [2.45, 2.75) is 19.9 Å². The van der Waals surface area contributed by atoms with Crippen molar-refractivity contribution in [1.82, 2.24) is 4.90 Å². The quantitative estimate of drug-likeness (QED) is 0.372. The minimum absolute atomic E-state index is 0.574. The van der Waals surface area contributed by atoms with E-state index in [0.29, 0.717) is 11.4 Å². The summed E-state index contributed by atoms with van der Waals surface area (Å²) in [6.45, 7) is 3.89. The van der Waals surface area contributed by atoms with Gasteiger partial charge in [0.2, 0.25) is 11.9 Å². The Morgan fingerprint density at radius 1 is 1.24 bits per heavy atom. The molecule has 108 valence electrons. The highest BCUT2D eigenvalue weighted by Crippen LogP contribution is 2.19.